The molecule has 2 heterocycles. The molecule has 4 nitrogen and oxygen atoms in total. The third-order valence-electron chi connectivity index (χ3n) is 3.93. The van der Waals surface area contributed by atoms with Gasteiger partial charge in [-0.1, -0.05) is 13.3 Å². The number of hydrogen-bond donors (Lipinski definition) is 2. The Morgan fingerprint density at radius 1 is 1.35 bits per heavy atom. The van der Waals surface area contributed by atoms with Crippen LogP contribution in [-0.4, -0.2) is 49.1 Å². The first-order valence-electron chi connectivity index (χ1n) is 7.05. The van der Waals surface area contributed by atoms with Crippen LogP contribution in [0.2, 0.25) is 0 Å². The molecular weight excluding hydrogens is 214 g/mol. The maximum absolute atomic E-state index is 12.1. The predicted molar refractivity (Wildman–Crippen MR) is 68.9 cm³/mol. The first-order valence-corrected chi connectivity index (χ1v) is 7.05. The zero-order valence-electron chi connectivity index (χ0n) is 10.9. The maximum Gasteiger partial charge on any atom is 0.237 e. The molecule has 2 rings (SSSR count). The molecule has 0 aromatic heterocycles. The van der Waals surface area contributed by atoms with Gasteiger partial charge in [0, 0.05) is 12.6 Å². The van der Waals surface area contributed by atoms with Crippen molar-refractivity contribution in [3.8, 4) is 0 Å². The van der Waals surface area contributed by atoms with E-state index < -0.39 is 0 Å². The van der Waals surface area contributed by atoms with E-state index in [-0.39, 0.29) is 11.9 Å². The highest BCUT2D eigenvalue weighted by Crippen LogP contribution is 2.11. The van der Waals surface area contributed by atoms with Crippen LogP contribution in [0.15, 0.2) is 0 Å². The van der Waals surface area contributed by atoms with E-state index in [0.29, 0.717) is 6.04 Å². The molecule has 2 N–H and O–H groups in total. The van der Waals surface area contributed by atoms with E-state index in [1.165, 1.54) is 25.8 Å². The molecule has 4 heteroatoms. The highest BCUT2D eigenvalue weighted by atomic mass is 16.2. The lowest BCUT2D eigenvalue weighted by Crippen LogP contribution is -2.53. The van der Waals surface area contributed by atoms with Crippen molar-refractivity contribution < 1.29 is 4.79 Å². The number of hydrogen-bond acceptors (Lipinski definition) is 3. The van der Waals surface area contributed by atoms with E-state index in [9.17, 15) is 4.79 Å². The van der Waals surface area contributed by atoms with E-state index in [1.54, 1.807) is 0 Å². The molecule has 2 aliphatic heterocycles. The van der Waals surface area contributed by atoms with Crippen molar-refractivity contribution in [2.45, 2.75) is 51.1 Å². The Morgan fingerprint density at radius 2 is 2.24 bits per heavy atom. The Morgan fingerprint density at radius 3 is 2.94 bits per heavy atom. The number of rotatable bonds is 3. The molecule has 2 saturated heterocycles. The molecule has 2 atom stereocenters. The molecule has 2 aliphatic rings. The topological polar surface area (TPSA) is 44.4 Å². The second-order valence-electron chi connectivity index (χ2n) is 5.24. The van der Waals surface area contributed by atoms with Gasteiger partial charge >= 0.3 is 0 Å². The molecule has 1 unspecified atom stereocenters. The van der Waals surface area contributed by atoms with Gasteiger partial charge in [-0.2, -0.15) is 0 Å². The van der Waals surface area contributed by atoms with Crippen molar-refractivity contribution in [1.29, 1.82) is 0 Å². The largest absolute Gasteiger partial charge is 0.351 e. The highest BCUT2D eigenvalue weighted by molar-refractivity contribution is 5.82. The Hall–Kier alpha value is -0.610. The molecule has 0 saturated carbocycles. The molecule has 0 aromatic rings. The number of carbonyl (C=O) groups is 1. The van der Waals surface area contributed by atoms with Crippen LogP contribution in [-0.2, 0) is 4.79 Å². The lowest BCUT2D eigenvalue weighted by Gasteiger charge is -2.33. The number of piperidine rings is 2. The third kappa shape index (κ3) is 3.68. The summed E-state index contributed by atoms with van der Waals surface area (Å²) in [4.78, 5) is 14.5. The van der Waals surface area contributed by atoms with Gasteiger partial charge in [0.05, 0.1) is 6.04 Å². The Bertz CT molecular complexity index is 251. The molecular formula is C13H25N3O. The predicted octanol–water partition coefficient (Wildman–Crippen LogP) is 0.729. The monoisotopic (exact) mass is 239 g/mol. The minimum absolute atomic E-state index is 0.0563. The number of nitrogens with zero attached hydrogens (tertiary/aromatic N) is 1. The summed E-state index contributed by atoms with van der Waals surface area (Å²) in [7, 11) is 0. The Balaban J connectivity index is 1.77. The first-order chi connectivity index (χ1) is 8.29. The van der Waals surface area contributed by atoms with Gasteiger partial charge in [-0.25, -0.2) is 0 Å². The average Bonchev–Trinajstić information content (AvgIpc) is 2.40. The summed E-state index contributed by atoms with van der Waals surface area (Å²) in [5.74, 6) is 0.215. The van der Waals surface area contributed by atoms with E-state index >= 15 is 0 Å². The maximum atomic E-state index is 12.1. The molecule has 0 spiro atoms. The molecule has 1 amide bonds. The summed E-state index contributed by atoms with van der Waals surface area (Å²) in [6.45, 7) is 6.48. The smallest absolute Gasteiger partial charge is 0.237 e. The van der Waals surface area contributed by atoms with Crippen molar-refractivity contribution in [3.05, 3.63) is 0 Å². The molecule has 0 aliphatic carbocycles. The Kier molecular flexibility index (Phi) is 4.80. The van der Waals surface area contributed by atoms with Crippen LogP contribution in [0.25, 0.3) is 0 Å². The average molecular weight is 239 g/mol. The molecule has 2 fully saturated rings. The number of amides is 1. The van der Waals surface area contributed by atoms with Crippen LogP contribution in [0.1, 0.15) is 39.0 Å². The summed E-state index contributed by atoms with van der Waals surface area (Å²) in [6, 6.07) is 0.417. The second-order valence-corrected chi connectivity index (χ2v) is 5.24. The fourth-order valence-electron chi connectivity index (χ4n) is 2.84. The van der Waals surface area contributed by atoms with E-state index in [4.69, 9.17) is 0 Å². The van der Waals surface area contributed by atoms with E-state index in [2.05, 4.69) is 22.5 Å². The summed E-state index contributed by atoms with van der Waals surface area (Å²) < 4.78 is 0. The summed E-state index contributed by atoms with van der Waals surface area (Å²) in [5.41, 5.74) is 0. The lowest BCUT2D eigenvalue weighted by molar-refractivity contribution is -0.124. The van der Waals surface area contributed by atoms with Crippen LogP contribution in [0.5, 0.6) is 0 Å². The van der Waals surface area contributed by atoms with Crippen LogP contribution in [0.3, 0.4) is 0 Å². The number of nitrogens with one attached hydrogen (secondary N) is 2. The minimum Gasteiger partial charge on any atom is -0.351 e. The fourth-order valence-corrected chi connectivity index (χ4v) is 2.84. The number of carbonyl (C=O) groups excluding carboxylic acids is 1. The van der Waals surface area contributed by atoms with Crippen LogP contribution >= 0.6 is 0 Å². The van der Waals surface area contributed by atoms with Crippen LogP contribution in [0, 0.1) is 0 Å². The second kappa shape index (κ2) is 6.36. The first kappa shape index (κ1) is 12.8. The molecule has 98 valence electrons. The summed E-state index contributed by atoms with van der Waals surface area (Å²) >= 11 is 0. The molecule has 0 bridgehead atoms. The number of likely N-dealkylation sites (N-methyl/N-ethyl adjacent to an activating group) is 1. The normalized spacial score (nSPS) is 31.1. The zero-order chi connectivity index (χ0) is 12.1. The van der Waals surface area contributed by atoms with Gasteiger partial charge in [-0.05, 0) is 45.3 Å². The molecule has 0 aromatic carbocycles. The Labute approximate surface area is 104 Å². The van der Waals surface area contributed by atoms with Crippen LogP contribution < -0.4 is 10.6 Å². The van der Waals surface area contributed by atoms with Gasteiger partial charge in [0.25, 0.3) is 0 Å². The van der Waals surface area contributed by atoms with E-state index in [0.717, 1.165) is 32.5 Å². The van der Waals surface area contributed by atoms with Gasteiger partial charge in [-0.3, -0.25) is 4.79 Å². The standard InChI is InChI=1S/C13H25N3O/c1-2-16-9-5-6-11(10-16)15-13(17)12-7-3-4-8-14-12/h11-12,14H,2-10H2,1H3,(H,15,17)/t11?,12-/m0/s1. The lowest BCUT2D eigenvalue weighted by atomic mass is 10.0. The fraction of sp³-hybridized carbons (Fsp3) is 0.923. The summed E-state index contributed by atoms with van der Waals surface area (Å²) in [6.07, 6.45) is 5.72. The van der Waals surface area contributed by atoms with Crippen molar-refractivity contribution in [2.24, 2.45) is 0 Å². The van der Waals surface area contributed by atoms with Gasteiger partial charge in [0.2, 0.25) is 5.91 Å². The van der Waals surface area contributed by atoms with Gasteiger partial charge in [-0.15, -0.1) is 0 Å². The minimum atomic E-state index is 0.0563. The van der Waals surface area contributed by atoms with Gasteiger partial charge < -0.3 is 15.5 Å². The quantitative estimate of drug-likeness (QED) is 0.763. The van der Waals surface area contributed by atoms with Crippen molar-refractivity contribution >= 4 is 5.91 Å². The van der Waals surface area contributed by atoms with Crippen molar-refractivity contribution in [3.63, 3.8) is 0 Å². The van der Waals surface area contributed by atoms with Gasteiger partial charge in [0.15, 0.2) is 0 Å². The van der Waals surface area contributed by atoms with E-state index in [1.807, 2.05) is 0 Å². The van der Waals surface area contributed by atoms with Crippen molar-refractivity contribution in [2.75, 3.05) is 26.2 Å². The van der Waals surface area contributed by atoms with Crippen molar-refractivity contribution in [1.82, 2.24) is 15.5 Å². The van der Waals surface area contributed by atoms with Gasteiger partial charge in [0.1, 0.15) is 0 Å². The SMILES string of the molecule is CCN1CCCC(NC(=O)[C@@H]2CCCCN2)C1. The highest BCUT2D eigenvalue weighted by Gasteiger charge is 2.25. The van der Waals surface area contributed by atoms with Crippen LogP contribution in [0.4, 0.5) is 0 Å². The molecule has 0 radical (unpaired) electrons. The summed E-state index contributed by atoms with van der Waals surface area (Å²) in [5, 5.41) is 6.52. The molecule has 17 heavy (non-hydrogen) atoms. The number of likely N-dealkylation sites (tertiary alicyclic amines) is 1. The zero-order valence-corrected chi connectivity index (χ0v) is 10.9. The third-order valence-corrected chi connectivity index (χ3v) is 3.93.